The molecule has 6 rings (SSSR count). The molecule has 6 aromatic rings. The van der Waals surface area contributed by atoms with Gasteiger partial charge < -0.3 is 9.47 Å². The largest absolute Gasteiger partial charge is 0.494 e. The van der Waals surface area contributed by atoms with Crippen molar-refractivity contribution in [3.8, 4) is 33.8 Å². The summed E-state index contributed by atoms with van der Waals surface area (Å²) in [5.74, 6) is 1.77. The Kier molecular flexibility index (Phi) is 5.93. The molecule has 1 aromatic heterocycles. The van der Waals surface area contributed by atoms with Crippen molar-refractivity contribution >= 4 is 32.6 Å². The van der Waals surface area contributed by atoms with E-state index in [1.165, 1.54) is 10.8 Å². The fourth-order valence-corrected chi connectivity index (χ4v) is 4.99. The standard InChI is InChI=1S/C33H28N2O2/c1-4-36-26-12-6-22(7-13-26)24-10-16-28-30(18-24)31-19-25(23-8-14-27(15-9-23)37-5-2)11-17-29(31)33-32(28)34-20-21(3)35-33/h6-20H,4-5H2,1-3H3. The van der Waals surface area contributed by atoms with Gasteiger partial charge in [0.15, 0.2) is 0 Å². The predicted octanol–water partition coefficient (Wildman–Crippen LogP) is 8.38. The van der Waals surface area contributed by atoms with Crippen LogP contribution in [0.15, 0.2) is 91.1 Å². The van der Waals surface area contributed by atoms with Gasteiger partial charge in [-0.05, 0) is 90.2 Å². The first-order chi connectivity index (χ1) is 18.1. The summed E-state index contributed by atoms with van der Waals surface area (Å²) >= 11 is 0. The summed E-state index contributed by atoms with van der Waals surface area (Å²) in [5.41, 5.74) is 7.39. The Morgan fingerprint density at radius 2 is 1.00 bits per heavy atom. The molecule has 0 fully saturated rings. The lowest BCUT2D eigenvalue weighted by Crippen LogP contribution is -1.93. The van der Waals surface area contributed by atoms with Crippen molar-refractivity contribution < 1.29 is 9.47 Å². The second kappa shape index (κ2) is 9.55. The molecule has 0 unspecified atom stereocenters. The van der Waals surface area contributed by atoms with E-state index in [4.69, 9.17) is 19.4 Å². The summed E-state index contributed by atoms with van der Waals surface area (Å²) in [4.78, 5) is 9.71. The number of ether oxygens (including phenoxy) is 2. The Morgan fingerprint density at radius 1 is 0.541 bits per heavy atom. The summed E-state index contributed by atoms with van der Waals surface area (Å²) in [5, 5.41) is 4.55. The molecule has 4 nitrogen and oxygen atoms in total. The van der Waals surface area contributed by atoms with Crippen molar-refractivity contribution in [3.63, 3.8) is 0 Å². The zero-order valence-electron chi connectivity index (χ0n) is 21.3. The Labute approximate surface area is 216 Å². The van der Waals surface area contributed by atoms with Gasteiger partial charge in [-0.15, -0.1) is 0 Å². The first-order valence-electron chi connectivity index (χ1n) is 12.7. The number of fused-ring (bicyclic) bond motifs is 6. The summed E-state index contributed by atoms with van der Waals surface area (Å²) in [6, 6.07) is 29.8. The van der Waals surface area contributed by atoms with E-state index in [1.807, 2.05) is 51.2 Å². The zero-order valence-corrected chi connectivity index (χ0v) is 21.3. The average molecular weight is 485 g/mol. The molecule has 0 radical (unpaired) electrons. The normalized spacial score (nSPS) is 11.3. The molecule has 182 valence electrons. The van der Waals surface area contributed by atoms with Crippen molar-refractivity contribution in [2.24, 2.45) is 0 Å². The molecule has 0 aliphatic carbocycles. The minimum Gasteiger partial charge on any atom is -0.494 e. The lowest BCUT2D eigenvalue weighted by molar-refractivity contribution is 0.340. The van der Waals surface area contributed by atoms with E-state index in [0.717, 1.165) is 61.3 Å². The highest BCUT2D eigenvalue weighted by atomic mass is 16.5. The third-order valence-electron chi connectivity index (χ3n) is 6.73. The fourth-order valence-electron chi connectivity index (χ4n) is 4.99. The van der Waals surface area contributed by atoms with Crippen LogP contribution in [0.25, 0.3) is 54.8 Å². The summed E-state index contributed by atoms with van der Waals surface area (Å²) in [7, 11) is 0. The van der Waals surface area contributed by atoms with Crippen molar-refractivity contribution in [2.45, 2.75) is 20.8 Å². The molecule has 0 N–H and O–H groups in total. The Bertz CT molecular complexity index is 1740. The number of aromatic nitrogens is 2. The van der Waals surface area contributed by atoms with Crippen LogP contribution in [0.3, 0.4) is 0 Å². The van der Waals surface area contributed by atoms with E-state index in [0.29, 0.717) is 13.2 Å². The molecule has 0 aliphatic heterocycles. The molecule has 1 heterocycles. The molecule has 0 amide bonds. The lowest BCUT2D eigenvalue weighted by atomic mass is 9.93. The van der Waals surface area contributed by atoms with Crippen LogP contribution in [0.2, 0.25) is 0 Å². The molecular weight excluding hydrogens is 456 g/mol. The number of aryl methyl sites for hydroxylation is 1. The van der Waals surface area contributed by atoms with Crippen molar-refractivity contribution in [1.29, 1.82) is 0 Å². The van der Waals surface area contributed by atoms with Crippen LogP contribution >= 0.6 is 0 Å². The van der Waals surface area contributed by atoms with Crippen LogP contribution in [-0.4, -0.2) is 23.2 Å². The van der Waals surface area contributed by atoms with E-state index >= 15 is 0 Å². The number of rotatable bonds is 6. The average Bonchev–Trinajstić information content (AvgIpc) is 2.94. The van der Waals surface area contributed by atoms with Gasteiger partial charge in [0.1, 0.15) is 11.5 Å². The van der Waals surface area contributed by atoms with Gasteiger partial charge in [-0.3, -0.25) is 4.98 Å². The van der Waals surface area contributed by atoms with Crippen molar-refractivity contribution in [1.82, 2.24) is 9.97 Å². The van der Waals surface area contributed by atoms with Crippen molar-refractivity contribution in [2.75, 3.05) is 13.2 Å². The van der Waals surface area contributed by atoms with Gasteiger partial charge in [0.2, 0.25) is 0 Å². The Balaban J connectivity index is 1.58. The summed E-state index contributed by atoms with van der Waals surface area (Å²) in [6.45, 7) is 7.31. The second-order valence-corrected chi connectivity index (χ2v) is 9.14. The van der Waals surface area contributed by atoms with Gasteiger partial charge in [-0.2, -0.15) is 0 Å². The highest BCUT2D eigenvalue weighted by Gasteiger charge is 2.14. The number of hydrogen-bond acceptors (Lipinski definition) is 4. The molecular formula is C33H28N2O2. The second-order valence-electron chi connectivity index (χ2n) is 9.14. The van der Waals surface area contributed by atoms with Crippen LogP contribution in [0.4, 0.5) is 0 Å². The van der Waals surface area contributed by atoms with Gasteiger partial charge in [-0.1, -0.05) is 48.5 Å². The SMILES string of the molecule is CCOc1ccc(-c2ccc3c(c2)c2cc(-c4ccc(OCC)cc4)ccc2c2nc(C)cnc32)cc1. The Morgan fingerprint density at radius 3 is 1.49 bits per heavy atom. The maximum absolute atomic E-state index is 5.64. The highest BCUT2D eigenvalue weighted by Crippen LogP contribution is 2.38. The minimum atomic E-state index is 0.658. The molecule has 0 spiro atoms. The van der Waals surface area contributed by atoms with E-state index in [9.17, 15) is 0 Å². The lowest BCUT2D eigenvalue weighted by Gasteiger charge is -2.13. The third kappa shape index (κ3) is 4.25. The number of hydrogen-bond donors (Lipinski definition) is 0. The highest BCUT2D eigenvalue weighted by molar-refractivity contribution is 6.24. The van der Waals surface area contributed by atoms with Gasteiger partial charge >= 0.3 is 0 Å². The van der Waals surface area contributed by atoms with Crippen LogP contribution in [0.5, 0.6) is 11.5 Å². The topological polar surface area (TPSA) is 44.2 Å². The van der Waals surface area contributed by atoms with E-state index in [1.54, 1.807) is 0 Å². The smallest absolute Gasteiger partial charge is 0.119 e. The quantitative estimate of drug-likeness (QED) is 0.223. The van der Waals surface area contributed by atoms with Gasteiger partial charge in [0, 0.05) is 17.0 Å². The minimum absolute atomic E-state index is 0.658. The maximum atomic E-state index is 5.64. The van der Waals surface area contributed by atoms with Gasteiger partial charge in [-0.25, -0.2) is 4.98 Å². The van der Waals surface area contributed by atoms with Crippen LogP contribution in [0, 0.1) is 6.92 Å². The predicted molar refractivity (Wildman–Crippen MR) is 152 cm³/mol. The molecule has 0 aliphatic rings. The third-order valence-corrected chi connectivity index (χ3v) is 6.73. The van der Waals surface area contributed by atoms with E-state index in [2.05, 4.69) is 60.7 Å². The monoisotopic (exact) mass is 484 g/mol. The van der Waals surface area contributed by atoms with Crippen molar-refractivity contribution in [3.05, 3.63) is 96.8 Å². The fraction of sp³-hybridized carbons (Fsp3) is 0.152. The number of nitrogens with zero attached hydrogens (tertiary/aromatic N) is 2. The summed E-state index contributed by atoms with van der Waals surface area (Å²) in [6.07, 6.45) is 1.85. The summed E-state index contributed by atoms with van der Waals surface area (Å²) < 4.78 is 11.3. The van der Waals surface area contributed by atoms with Gasteiger partial charge in [0.25, 0.3) is 0 Å². The van der Waals surface area contributed by atoms with E-state index in [-0.39, 0.29) is 0 Å². The zero-order chi connectivity index (χ0) is 25.4. The first-order valence-corrected chi connectivity index (χ1v) is 12.7. The van der Waals surface area contributed by atoms with Gasteiger partial charge in [0.05, 0.1) is 29.9 Å². The Hall–Kier alpha value is -4.44. The first kappa shape index (κ1) is 23.0. The van der Waals surface area contributed by atoms with Crippen LogP contribution in [-0.2, 0) is 0 Å². The molecule has 5 aromatic carbocycles. The molecule has 0 saturated heterocycles. The van der Waals surface area contributed by atoms with Crippen LogP contribution in [0.1, 0.15) is 19.5 Å². The molecule has 0 bridgehead atoms. The number of benzene rings is 5. The maximum Gasteiger partial charge on any atom is 0.119 e. The molecule has 0 atom stereocenters. The van der Waals surface area contributed by atoms with E-state index < -0.39 is 0 Å². The molecule has 0 saturated carbocycles. The van der Waals surface area contributed by atoms with Crippen LogP contribution < -0.4 is 9.47 Å². The molecule has 4 heteroatoms. The molecule has 37 heavy (non-hydrogen) atoms.